The number of benzene rings is 2. The van der Waals surface area contributed by atoms with E-state index in [4.69, 9.17) is 0 Å². The van der Waals surface area contributed by atoms with Gasteiger partial charge in [-0.15, -0.1) is 0 Å². The topological polar surface area (TPSA) is 86.8 Å². The molecule has 0 aliphatic heterocycles. The predicted octanol–water partition coefficient (Wildman–Crippen LogP) is 4.09. The van der Waals surface area contributed by atoms with E-state index in [2.05, 4.69) is 5.32 Å². The average molecular weight is 524 g/mol. The van der Waals surface area contributed by atoms with Crippen LogP contribution in [0.1, 0.15) is 45.6 Å². The van der Waals surface area contributed by atoms with Gasteiger partial charge in [0.05, 0.1) is 11.9 Å². The predicted molar refractivity (Wildman–Crippen MR) is 137 cm³/mol. The van der Waals surface area contributed by atoms with Crippen molar-refractivity contribution >= 4 is 27.5 Å². The van der Waals surface area contributed by atoms with Crippen LogP contribution in [0.4, 0.5) is 14.5 Å². The second kappa shape index (κ2) is 13.3. The van der Waals surface area contributed by atoms with E-state index in [9.17, 15) is 26.8 Å². The first kappa shape index (κ1) is 29.2. The molecular weight excluding hydrogens is 488 g/mol. The van der Waals surface area contributed by atoms with Crippen LogP contribution in [0, 0.1) is 17.6 Å². The second-order valence-electron chi connectivity index (χ2n) is 9.10. The molecule has 0 saturated heterocycles. The maximum Gasteiger partial charge on any atom is 0.242 e. The van der Waals surface area contributed by atoms with Gasteiger partial charge in [0.15, 0.2) is 0 Å². The first-order chi connectivity index (χ1) is 16.9. The van der Waals surface area contributed by atoms with Crippen LogP contribution < -0.4 is 9.62 Å². The molecule has 0 aromatic heterocycles. The maximum atomic E-state index is 14.3. The minimum absolute atomic E-state index is 0.0599. The molecule has 2 rings (SSSR count). The summed E-state index contributed by atoms with van der Waals surface area (Å²) in [6, 6.07) is 10.5. The van der Waals surface area contributed by atoms with Crippen LogP contribution in [0.2, 0.25) is 0 Å². The molecule has 10 heteroatoms. The zero-order valence-corrected chi connectivity index (χ0v) is 22.0. The zero-order chi connectivity index (χ0) is 26.9. The summed E-state index contributed by atoms with van der Waals surface area (Å²) in [6.45, 7) is 6.17. The van der Waals surface area contributed by atoms with Gasteiger partial charge < -0.3 is 10.2 Å². The van der Waals surface area contributed by atoms with Gasteiger partial charge in [0.2, 0.25) is 21.8 Å². The lowest BCUT2D eigenvalue weighted by Gasteiger charge is -2.31. The molecule has 0 saturated carbocycles. The van der Waals surface area contributed by atoms with Crippen molar-refractivity contribution in [1.29, 1.82) is 0 Å². The number of para-hydroxylation sites is 1. The Morgan fingerprint density at radius 1 is 1.03 bits per heavy atom. The van der Waals surface area contributed by atoms with Gasteiger partial charge in [-0.25, -0.2) is 17.2 Å². The number of anilines is 1. The van der Waals surface area contributed by atoms with E-state index in [1.165, 1.54) is 41.3 Å². The Balaban J connectivity index is 2.21. The molecule has 0 aliphatic rings. The van der Waals surface area contributed by atoms with Gasteiger partial charge in [-0.2, -0.15) is 0 Å². The van der Waals surface area contributed by atoms with E-state index >= 15 is 0 Å². The number of hydrogen-bond acceptors (Lipinski definition) is 4. The molecule has 0 aliphatic carbocycles. The minimum atomic E-state index is -3.79. The summed E-state index contributed by atoms with van der Waals surface area (Å²) in [5.41, 5.74) is 0.569. The van der Waals surface area contributed by atoms with Crippen LogP contribution in [0.15, 0.2) is 48.5 Å². The number of rotatable bonds is 13. The minimum Gasteiger partial charge on any atom is -0.354 e. The van der Waals surface area contributed by atoms with Gasteiger partial charge in [-0.05, 0) is 48.6 Å². The Hall–Kier alpha value is -3.01. The highest BCUT2D eigenvalue weighted by molar-refractivity contribution is 7.92. The summed E-state index contributed by atoms with van der Waals surface area (Å²) in [6.07, 6.45) is 1.40. The summed E-state index contributed by atoms with van der Waals surface area (Å²) >= 11 is 0. The van der Waals surface area contributed by atoms with E-state index in [0.717, 1.165) is 10.6 Å². The van der Waals surface area contributed by atoms with Gasteiger partial charge in [-0.3, -0.25) is 13.9 Å². The summed E-state index contributed by atoms with van der Waals surface area (Å²) < 4.78 is 53.2. The Morgan fingerprint density at radius 3 is 2.22 bits per heavy atom. The lowest BCUT2D eigenvalue weighted by molar-refractivity contribution is -0.141. The normalized spacial score (nSPS) is 12.3. The standard InChI is InChI=1S/C26H35F2N3O4S/c1-5-23(26(33)29-17-19(2)3)30(18-20-12-14-21(27)15-13-20)25(32)11-8-16-31(36(4,34)35)24-10-7-6-9-22(24)28/h6-7,9-10,12-15,19,23H,5,8,11,16-18H2,1-4H3,(H,29,33). The molecule has 7 nitrogen and oxygen atoms in total. The van der Waals surface area contributed by atoms with Crippen molar-refractivity contribution in [2.75, 3.05) is 23.7 Å². The van der Waals surface area contributed by atoms with Crippen LogP contribution in [-0.2, 0) is 26.2 Å². The van der Waals surface area contributed by atoms with Crippen LogP contribution in [0.3, 0.4) is 0 Å². The number of nitrogens with one attached hydrogen (secondary N) is 1. The third-order valence-electron chi connectivity index (χ3n) is 5.61. The van der Waals surface area contributed by atoms with Crippen molar-refractivity contribution < 1.29 is 26.8 Å². The van der Waals surface area contributed by atoms with Crippen LogP contribution in [0.5, 0.6) is 0 Å². The Kier molecular flexibility index (Phi) is 10.8. The molecule has 0 bridgehead atoms. The van der Waals surface area contributed by atoms with Gasteiger partial charge in [-0.1, -0.05) is 45.0 Å². The highest BCUT2D eigenvalue weighted by Crippen LogP contribution is 2.22. The van der Waals surface area contributed by atoms with Crippen molar-refractivity contribution in [3.63, 3.8) is 0 Å². The molecule has 36 heavy (non-hydrogen) atoms. The van der Waals surface area contributed by atoms with E-state index in [-0.39, 0.29) is 49.4 Å². The highest BCUT2D eigenvalue weighted by atomic mass is 32.2. The number of amides is 2. The van der Waals surface area contributed by atoms with Gasteiger partial charge in [0.25, 0.3) is 0 Å². The zero-order valence-electron chi connectivity index (χ0n) is 21.2. The monoisotopic (exact) mass is 523 g/mol. The van der Waals surface area contributed by atoms with E-state index in [0.29, 0.717) is 18.5 Å². The molecule has 0 fully saturated rings. The number of hydrogen-bond donors (Lipinski definition) is 1. The van der Waals surface area contributed by atoms with Crippen LogP contribution in [0.25, 0.3) is 0 Å². The lowest BCUT2D eigenvalue weighted by Crippen LogP contribution is -2.49. The first-order valence-corrected chi connectivity index (χ1v) is 13.8. The largest absolute Gasteiger partial charge is 0.354 e. The Bertz CT molecular complexity index is 1120. The molecule has 0 heterocycles. The molecule has 0 radical (unpaired) electrons. The van der Waals surface area contributed by atoms with Gasteiger partial charge in [0, 0.05) is 26.1 Å². The van der Waals surface area contributed by atoms with Gasteiger partial charge >= 0.3 is 0 Å². The fourth-order valence-electron chi connectivity index (χ4n) is 3.76. The van der Waals surface area contributed by atoms with Crippen molar-refractivity contribution in [3.05, 3.63) is 65.7 Å². The molecule has 2 amide bonds. The van der Waals surface area contributed by atoms with E-state index in [1.54, 1.807) is 19.1 Å². The van der Waals surface area contributed by atoms with Crippen LogP contribution >= 0.6 is 0 Å². The molecular formula is C26H35F2N3O4S. The molecule has 2 aromatic carbocycles. The maximum absolute atomic E-state index is 14.3. The lowest BCUT2D eigenvalue weighted by atomic mass is 10.1. The molecule has 198 valence electrons. The number of nitrogens with zero attached hydrogens (tertiary/aromatic N) is 2. The van der Waals surface area contributed by atoms with Crippen molar-refractivity contribution in [2.24, 2.45) is 5.92 Å². The van der Waals surface area contributed by atoms with Gasteiger partial charge in [0.1, 0.15) is 17.7 Å². The summed E-state index contributed by atoms with van der Waals surface area (Å²) in [5, 5.41) is 2.86. The molecule has 1 unspecified atom stereocenters. The Labute approximate surface area is 212 Å². The number of carbonyl (C=O) groups excluding carboxylic acids is 2. The fraction of sp³-hybridized carbons (Fsp3) is 0.462. The third kappa shape index (κ3) is 8.58. The average Bonchev–Trinajstić information content (AvgIpc) is 2.81. The Morgan fingerprint density at radius 2 is 1.67 bits per heavy atom. The molecule has 0 spiro atoms. The smallest absolute Gasteiger partial charge is 0.242 e. The highest BCUT2D eigenvalue weighted by Gasteiger charge is 2.29. The first-order valence-electron chi connectivity index (χ1n) is 12.0. The van der Waals surface area contributed by atoms with E-state index < -0.39 is 27.7 Å². The summed E-state index contributed by atoms with van der Waals surface area (Å²) in [7, 11) is -3.79. The number of carbonyl (C=O) groups is 2. The quantitative estimate of drug-likeness (QED) is 0.429. The number of sulfonamides is 1. The third-order valence-corrected chi connectivity index (χ3v) is 6.79. The van der Waals surface area contributed by atoms with Crippen molar-refractivity contribution in [1.82, 2.24) is 10.2 Å². The SMILES string of the molecule is CCC(C(=O)NCC(C)C)N(Cc1ccc(F)cc1)C(=O)CCCN(c1ccccc1F)S(C)(=O)=O. The van der Waals surface area contributed by atoms with Crippen LogP contribution in [-0.4, -0.2) is 50.5 Å². The molecule has 1 atom stereocenters. The summed E-state index contributed by atoms with van der Waals surface area (Å²) in [5.74, 6) is -1.50. The van der Waals surface area contributed by atoms with Crippen molar-refractivity contribution in [3.8, 4) is 0 Å². The second-order valence-corrected chi connectivity index (χ2v) is 11.0. The molecule has 2 aromatic rings. The van der Waals surface area contributed by atoms with E-state index in [1.807, 2.05) is 13.8 Å². The van der Waals surface area contributed by atoms with Crippen molar-refractivity contribution in [2.45, 2.75) is 52.6 Å². The fourth-order valence-corrected chi connectivity index (χ4v) is 4.73. The molecule has 1 N–H and O–H groups in total. The summed E-state index contributed by atoms with van der Waals surface area (Å²) in [4.78, 5) is 27.7. The number of halogens is 2.